The van der Waals surface area contributed by atoms with Crippen molar-refractivity contribution < 1.29 is 14.6 Å². The van der Waals surface area contributed by atoms with Crippen LogP contribution in [0.5, 0.6) is 5.75 Å². The van der Waals surface area contributed by atoms with Crippen molar-refractivity contribution in [3.8, 4) is 11.8 Å². The summed E-state index contributed by atoms with van der Waals surface area (Å²) in [6.07, 6.45) is -0.524. The summed E-state index contributed by atoms with van der Waals surface area (Å²) >= 11 is 0. The topological polar surface area (TPSA) is 108 Å². The van der Waals surface area contributed by atoms with Crippen LogP contribution in [-0.2, 0) is 4.79 Å². The van der Waals surface area contributed by atoms with E-state index in [1.165, 1.54) is 0 Å². The number of nitriles is 1. The molecule has 1 unspecified atom stereocenters. The van der Waals surface area contributed by atoms with Gasteiger partial charge in [0.05, 0.1) is 11.6 Å². The monoisotopic (exact) mass is 291 g/mol. The van der Waals surface area contributed by atoms with Crippen molar-refractivity contribution >= 4 is 5.91 Å². The summed E-state index contributed by atoms with van der Waals surface area (Å²) in [5.74, 6) is 0.195. The van der Waals surface area contributed by atoms with Gasteiger partial charge in [-0.2, -0.15) is 5.26 Å². The van der Waals surface area contributed by atoms with Crippen LogP contribution in [0.15, 0.2) is 24.3 Å². The van der Waals surface area contributed by atoms with Crippen molar-refractivity contribution in [1.82, 2.24) is 5.32 Å². The summed E-state index contributed by atoms with van der Waals surface area (Å²) in [6.45, 7) is 4.08. The van der Waals surface area contributed by atoms with Gasteiger partial charge >= 0.3 is 0 Å². The highest BCUT2D eigenvalue weighted by Gasteiger charge is 2.21. The minimum Gasteiger partial charge on any atom is -0.491 e. The normalized spacial score (nSPS) is 12.5. The predicted molar refractivity (Wildman–Crippen MR) is 78.6 cm³/mol. The summed E-state index contributed by atoms with van der Waals surface area (Å²) in [6, 6.07) is 8.67. The minimum absolute atomic E-state index is 0.117. The summed E-state index contributed by atoms with van der Waals surface area (Å²) in [5, 5.41) is 21.6. The molecule has 1 rings (SSSR count). The van der Waals surface area contributed by atoms with Crippen molar-refractivity contribution in [2.45, 2.75) is 31.9 Å². The first-order valence-electron chi connectivity index (χ1n) is 6.67. The molecule has 0 aromatic heterocycles. The van der Waals surface area contributed by atoms with E-state index < -0.39 is 17.6 Å². The van der Waals surface area contributed by atoms with E-state index in [1.54, 1.807) is 24.3 Å². The molecule has 1 aromatic rings. The standard InChI is InChI=1S/C15H21N3O3/c1-15(2,7-14(17)20)18-9-12(19)10-21-13-5-3-11(8-16)4-6-13/h3-6,12,18-19H,7,9-10H2,1-2H3,(H2,17,20). The van der Waals surface area contributed by atoms with E-state index >= 15 is 0 Å². The van der Waals surface area contributed by atoms with Crippen molar-refractivity contribution in [1.29, 1.82) is 5.26 Å². The van der Waals surface area contributed by atoms with E-state index in [4.69, 9.17) is 15.7 Å². The average Bonchev–Trinajstić information content (AvgIpc) is 2.42. The molecule has 0 saturated heterocycles. The summed E-state index contributed by atoms with van der Waals surface area (Å²) in [7, 11) is 0. The number of carbonyl (C=O) groups excluding carboxylic acids is 1. The molecule has 21 heavy (non-hydrogen) atoms. The second kappa shape index (κ2) is 7.62. The van der Waals surface area contributed by atoms with E-state index in [2.05, 4.69) is 5.32 Å². The lowest BCUT2D eigenvalue weighted by atomic mass is 10.0. The Kier molecular flexibility index (Phi) is 6.15. The quantitative estimate of drug-likeness (QED) is 0.648. The second-order valence-corrected chi connectivity index (χ2v) is 5.51. The van der Waals surface area contributed by atoms with Crippen molar-refractivity contribution in [3.05, 3.63) is 29.8 Å². The Hall–Kier alpha value is -2.10. The van der Waals surface area contributed by atoms with Crippen LogP contribution in [0.1, 0.15) is 25.8 Å². The molecule has 1 aromatic carbocycles. The second-order valence-electron chi connectivity index (χ2n) is 5.51. The fourth-order valence-corrected chi connectivity index (χ4v) is 1.77. The number of carbonyl (C=O) groups is 1. The number of nitrogens with two attached hydrogens (primary N) is 1. The van der Waals surface area contributed by atoms with Gasteiger partial charge < -0.3 is 20.9 Å². The van der Waals surface area contributed by atoms with Gasteiger partial charge in [-0.15, -0.1) is 0 Å². The maximum absolute atomic E-state index is 10.9. The third-order valence-corrected chi connectivity index (χ3v) is 2.86. The number of benzene rings is 1. The highest BCUT2D eigenvalue weighted by atomic mass is 16.5. The molecule has 0 aliphatic rings. The lowest BCUT2D eigenvalue weighted by Gasteiger charge is -2.26. The SMILES string of the molecule is CC(C)(CC(N)=O)NCC(O)COc1ccc(C#N)cc1. The summed E-state index contributed by atoms with van der Waals surface area (Å²) in [5.41, 5.74) is 5.24. The van der Waals surface area contributed by atoms with E-state index in [-0.39, 0.29) is 19.6 Å². The van der Waals surface area contributed by atoms with Crippen LogP contribution in [0, 0.1) is 11.3 Å². The molecule has 0 saturated carbocycles. The first-order valence-corrected chi connectivity index (χ1v) is 6.67. The Morgan fingerprint density at radius 1 is 1.48 bits per heavy atom. The number of aliphatic hydroxyl groups is 1. The smallest absolute Gasteiger partial charge is 0.219 e. The van der Waals surface area contributed by atoms with Crippen molar-refractivity contribution in [2.24, 2.45) is 5.73 Å². The number of primary amides is 1. The van der Waals surface area contributed by atoms with Gasteiger partial charge in [0.1, 0.15) is 18.5 Å². The first-order chi connectivity index (χ1) is 9.82. The van der Waals surface area contributed by atoms with Crippen molar-refractivity contribution in [2.75, 3.05) is 13.2 Å². The molecule has 6 heteroatoms. The Labute approximate surface area is 124 Å². The van der Waals surface area contributed by atoms with Crippen LogP contribution in [0.3, 0.4) is 0 Å². The first kappa shape index (κ1) is 17.0. The largest absolute Gasteiger partial charge is 0.491 e. The molecule has 0 spiro atoms. The number of aliphatic hydroxyl groups excluding tert-OH is 1. The fraction of sp³-hybridized carbons (Fsp3) is 0.467. The Balaban J connectivity index is 2.35. The lowest BCUT2D eigenvalue weighted by Crippen LogP contribution is -2.46. The number of rotatable bonds is 8. The number of amides is 1. The minimum atomic E-state index is -0.715. The highest BCUT2D eigenvalue weighted by molar-refractivity contribution is 5.74. The molecule has 6 nitrogen and oxygen atoms in total. The zero-order valence-corrected chi connectivity index (χ0v) is 12.3. The van der Waals surface area contributed by atoms with E-state index in [9.17, 15) is 9.90 Å². The van der Waals surface area contributed by atoms with Gasteiger partial charge in [-0.25, -0.2) is 0 Å². The molecule has 0 bridgehead atoms. The van der Waals surface area contributed by atoms with E-state index in [0.29, 0.717) is 11.3 Å². The van der Waals surface area contributed by atoms with Gasteiger partial charge in [-0.1, -0.05) is 0 Å². The highest BCUT2D eigenvalue weighted by Crippen LogP contribution is 2.12. The number of hydrogen-bond donors (Lipinski definition) is 3. The molecular formula is C15H21N3O3. The number of hydrogen-bond acceptors (Lipinski definition) is 5. The zero-order valence-electron chi connectivity index (χ0n) is 12.3. The number of β-amino-alcohol motifs (C(OH)–C–C–N with tert-alkyl or cyclic N) is 1. The number of ether oxygens (including phenoxy) is 1. The molecule has 0 fully saturated rings. The molecular weight excluding hydrogens is 270 g/mol. The Morgan fingerprint density at radius 3 is 2.62 bits per heavy atom. The molecule has 0 heterocycles. The summed E-state index contributed by atoms with van der Waals surface area (Å²) < 4.78 is 5.42. The van der Waals surface area contributed by atoms with Gasteiger partial charge in [-0.05, 0) is 38.1 Å². The van der Waals surface area contributed by atoms with Gasteiger partial charge in [0.25, 0.3) is 0 Å². The van der Waals surface area contributed by atoms with Gasteiger partial charge in [0, 0.05) is 18.5 Å². The number of nitrogens with one attached hydrogen (secondary N) is 1. The molecule has 4 N–H and O–H groups in total. The summed E-state index contributed by atoms with van der Waals surface area (Å²) in [4.78, 5) is 10.9. The zero-order chi connectivity index (χ0) is 15.9. The Bertz CT molecular complexity index is 506. The molecule has 0 aliphatic heterocycles. The lowest BCUT2D eigenvalue weighted by molar-refractivity contribution is -0.119. The van der Waals surface area contributed by atoms with E-state index in [0.717, 1.165) is 0 Å². The maximum Gasteiger partial charge on any atom is 0.219 e. The maximum atomic E-state index is 10.9. The predicted octanol–water partition coefficient (Wildman–Crippen LogP) is 0.542. The molecule has 0 aliphatic carbocycles. The molecule has 1 atom stereocenters. The average molecular weight is 291 g/mol. The van der Waals surface area contributed by atoms with Crippen LogP contribution in [0.4, 0.5) is 0 Å². The third-order valence-electron chi connectivity index (χ3n) is 2.86. The van der Waals surface area contributed by atoms with Crippen LogP contribution in [-0.4, -0.2) is 35.8 Å². The van der Waals surface area contributed by atoms with Crippen LogP contribution in [0.25, 0.3) is 0 Å². The molecule has 114 valence electrons. The van der Waals surface area contributed by atoms with E-state index in [1.807, 2.05) is 19.9 Å². The van der Waals surface area contributed by atoms with Gasteiger partial charge in [0.15, 0.2) is 0 Å². The molecule has 0 radical (unpaired) electrons. The van der Waals surface area contributed by atoms with Gasteiger partial charge in [-0.3, -0.25) is 4.79 Å². The third kappa shape index (κ3) is 6.75. The van der Waals surface area contributed by atoms with Gasteiger partial charge in [0.2, 0.25) is 5.91 Å². The van der Waals surface area contributed by atoms with Crippen LogP contribution >= 0.6 is 0 Å². The molecule has 1 amide bonds. The van der Waals surface area contributed by atoms with Crippen LogP contribution in [0.2, 0.25) is 0 Å². The van der Waals surface area contributed by atoms with Crippen LogP contribution < -0.4 is 15.8 Å². The number of nitrogens with zero attached hydrogens (tertiary/aromatic N) is 1. The van der Waals surface area contributed by atoms with Crippen molar-refractivity contribution in [3.63, 3.8) is 0 Å². The fourth-order valence-electron chi connectivity index (χ4n) is 1.77. The Morgan fingerprint density at radius 2 is 2.10 bits per heavy atom.